The lowest BCUT2D eigenvalue weighted by atomic mass is 9.90. The maximum Gasteiger partial charge on any atom is 0.264 e. The normalized spacial score (nSPS) is 21.2. The number of nitrogens with zero attached hydrogens (tertiary/aromatic N) is 1. The third-order valence-corrected chi connectivity index (χ3v) is 5.63. The molecule has 0 radical (unpaired) electrons. The molecule has 1 N–H and O–H groups in total. The SMILES string of the molecule is CNC(=O)COC1CN(C(=O)c2cc3c(s2)CC[C@H](C)C3)C1. The van der Waals surface area contributed by atoms with E-state index in [0.717, 1.165) is 23.6 Å². The molecule has 0 saturated carbocycles. The molecule has 0 unspecified atom stereocenters. The number of likely N-dealkylation sites (tertiary alicyclic amines) is 1. The summed E-state index contributed by atoms with van der Waals surface area (Å²) >= 11 is 1.65. The van der Waals surface area contributed by atoms with Gasteiger partial charge in [0.2, 0.25) is 5.91 Å². The Morgan fingerprint density at radius 1 is 1.45 bits per heavy atom. The average Bonchev–Trinajstić information content (AvgIpc) is 2.87. The lowest BCUT2D eigenvalue weighted by molar-refractivity contribution is -0.130. The van der Waals surface area contributed by atoms with Crippen LogP contribution < -0.4 is 5.32 Å². The number of amides is 2. The Balaban J connectivity index is 1.52. The first-order valence-electron chi connectivity index (χ1n) is 7.80. The molecule has 1 saturated heterocycles. The Hall–Kier alpha value is -1.40. The van der Waals surface area contributed by atoms with Crippen molar-refractivity contribution in [2.45, 2.75) is 32.3 Å². The fraction of sp³-hybridized carbons (Fsp3) is 0.625. The van der Waals surface area contributed by atoms with Crippen LogP contribution in [0.4, 0.5) is 0 Å². The number of hydrogen-bond acceptors (Lipinski definition) is 4. The van der Waals surface area contributed by atoms with Crippen LogP contribution in [0.3, 0.4) is 0 Å². The topological polar surface area (TPSA) is 58.6 Å². The zero-order chi connectivity index (χ0) is 15.7. The van der Waals surface area contributed by atoms with E-state index in [0.29, 0.717) is 13.1 Å². The van der Waals surface area contributed by atoms with Gasteiger partial charge in [0.15, 0.2) is 0 Å². The van der Waals surface area contributed by atoms with Crippen molar-refractivity contribution in [1.29, 1.82) is 0 Å². The van der Waals surface area contributed by atoms with E-state index in [9.17, 15) is 9.59 Å². The van der Waals surface area contributed by atoms with Crippen molar-refractivity contribution in [3.05, 3.63) is 21.4 Å². The van der Waals surface area contributed by atoms with Crippen LogP contribution in [-0.2, 0) is 22.4 Å². The number of fused-ring (bicyclic) bond motifs is 1. The standard InChI is InChI=1S/C16H22N2O3S/c1-10-3-4-13-11(5-10)6-14(22-13)16(20)18-7-12(8-18)21-9-15(19)17-2/h6,10,12H,3-5,7-9H2,1-2H3,(H,17,19)/t10-/m0/s1. The minimum absolute atomic E-state index is 0.0177. The van der Waals surface area contributed by atoms with Gasteiger partial charge in [-0.05, 0) is 36.8 Å². The predicted octanol–water partition coefficient (Wildman–Crippen LogP) is 1.46. The van der Waals surface area contributed by atoms with Gasteiger partial charge in [0, 0.05) is 25.0 Å². The summed E-state index contributed by atoms with van der Waals surface area (Å²) in [5, 5.41) is 2.52. The Labute approximate surface area is 134 Å². The number of rotatable bonds is 4. The van der Waals surface area contributed by atoms with Gasteiger partial charge in [-0.25, -0.2) is 0 Å². The monoisotopic (exact) mass is 322 g/mol. The summed E-state index contributed by atoms with van der Waals surface area (Å²) in [6, 6.07) is 2.08. The molecular formula is C16H22N2O3S. The molecule has 2 amide bonds. The summed E-state index contributed by atoms with van der Waals surface area (Å²) in [4.78, 5) is 27.6. The molecule has 120 valence electrons. The van der Waals surface area contributed by atoms with E-state index < -0.39 is 0 Å². The van der Waals surface area contributed by atoms with Gasteiger partial charge in [-0.15, -0.1) is 11.3 Å². The molecule has 1 atom stereocenters. The van der Waals surface area contributed by atoms with Crippen LogP contribution in [0.1, 0.15) is 33.5 Å². The van der Waals surface area contributed by atoms with Crippen molar-refractivity contribution >= 4 is 23.2 Å². The van der Waals surface area contributed by atoms with Gasteiger partial charge >= 0.3 is 0 Å². The van der Waals surface area contributed by atoms with E-state index in [1.165, 1.54) is 16.9 Å². The third kappa shape index (κ3) is 3.17. The Morgan fingerprint density at radius 3 is 2.95 bits per heavy atom. The summed E-state index contributed by atoms with van der Waals surface area (Å²) in [6.07, 6.45) is 3.40. The molecule has 2 aliphatic rings. The van der Waals surface area contributed by atoms with E-state index in [4.69, 9.17) is 4.74 Å². The van der Waals surface area contributed by atoms with Gasteiger partial charge in [-0.3, -0.25) is 9.59 Å². The van der Waals surface area contributed by atoms with Crippen LogP contribution in [0.2, 0.25) is 0 Å². The molecule has 22 heavy (non-hydrogen) atoms. The summed E-state index contributed by atoms with van der Waals surface area (Å²) in [6.45, 7) is 3.49. The van der Waals surface area contributed by atoms with Gasteiger partial charge in [-0.2, -0.15) is 0 Å². The van der Waals surface area contributed by atoms with Crippen molar-refractivity contribution in [2.75, 3.05) is 26.7 Å². The lowest BCUT2D eigenvalue weighted by Crippen LogP contribution is -2.55. The molecule has 0 spiro atoms. The van der Waals surface area contributed by atoms with Crippen molar-refractivity contribution in [3.8, 4) is 0 Å². The molecule has 1 aliphatic heterocycles. The first-order chi connectivity index (χ1) is 10.6. The lowest BCUT2D eigenvalue weighted by Gasteiger charge is -2.38. The van der Waals surface area contributed by atoms with Gasteiger partial charge in [-0.1, -0.05) is 6.92 Å². The highest BCUT2D eigenvalue weighted by atomic mass is 32.1. The van der Waals surface area contributed by atoms with Gasteiger partial charge < -0.3 is 15.0 Å². The summed E-state index contributed by atoms with van der Waals surface area (Å²) in [7, 11) is 1.59. The Morgan fingerprint density at radius 2 is 2.23 bits per heavy atom. The molecule has 2 heterocycles. The molecule has 1 aromatic heterocycles. The van der Waals surface area contributed by atoms with E-state index >= 15 is 0 Å². The van der Waals surface area contributed by atoms with Crippen LogP contribution in [0.5, 0.6) is 0 Å². The quantitative estimate of drug-likeness (QED) is 0.913. The van der Waals surface area contributed by atoms with Crippen LogP contribution in [0.25, 0.3) is 0 Å². The van der Waals surface area contributed by atoms with E-state index in [-0.39, 0.29) is 24.5 Å². The van der Waals surface area contributed by atoms with Crippen molar-refractivity contribution in [3.63, 3.8) is 0 Å². The third-order valence-electron chi connectivity index (χ3n) is 4.40. The fourth-order valence-electron chi connectivity index (χ4n) is 2.94. The highest BCUT2D eigenvalue weighted by Crippen LogP contribution is 2.33. The van der Waals surface area contributed by atoms with Gasteiger partial charge in [0.05, 0.1) is 11.0 Å². The minimum atomic E-state index is -0.134. The number of aryl methyl sites for hydroxylation is 1. The second-order valence-corrected chi connectivity index (χ2v) is 7.36. The highest BCUT2D eigenvalue weighted by Gasteiger charge is 2.33. The number of likely N-dealkylation sites (N-methyl/N-ethyl adjacent to an activating group) is 1. The van der Waals surface area contributed by atoms with Crippen molar-refractivity contribution < 1.29 is 14.3 Å². The first kappa shape index (κ1) is 15.5. The smallest absolute Gasteiger partial charge is 0.264 e. The predicted molar refractivity (Wildman–Crippen MR) is 85.2 cm³/mol. The number of nitrogens with one attached hydrogen (secondary N) is 1. The summed E-state index contributed by atoms with van der Waals surface area (Å²) in [5.74, 6) is 0.688. The molecule has 0 bridgehead atoms. The molecule has 1 fully saturated rings. The molecule has 1 aromatic rings. The van der Waals surface area contributed by atoms with E-state index in [2.05, 4.69) is 18.3 Å². The zero-order valence-electron chi connectivity index (χ0n) is 13.1. The maximum atomic E-state index is 12.5. The van der Waals surface area contributed by atoms with E-state index in [1.807, 2.05) is 0 Å². The highest BCUT2D eigenvalue weighted by molar-refractivity contribution is 7.14. The van der Waals surface area contributed by atoms with Crippen molar-refractivity contribution in [1.82, 2.24) is 10.2 Å². The molecule has 0 aromatic carbocycles. The van der Waals surface area contributed by atoms with Crippen LogP contribution in [-0.4, -0.2) is 49.6 Å². The molecule has 6 heteroatoms. The second kappa shape index (κ2) is 6.38. The first-order valence-corrected chi connectivity index (χ1v) is 8.61. The average molecular weight is 322 g/mol. The van der Waals surface area contributed by atoms with E-state index in [1.54, 1.807) is 23.3 Å². The maximum absolute atomic E-state index is 12.5. The van der Waals surface area contributed by atoms with Crippen molar-refractivity contribution in [2.24, 2.45) is 5.92 Å². The Bertz CT molecular complexity index is 578. The van der Waals surface area contributed by atoms with Gasteiger partial charge in [0.1, 0.15) is 6.61 Å². The summed E-state index contributed by atoms with van der Waals surface area (Å²) < 4.78 is 5.44. The number of carbonyl (C=O) groups excluding carboxylic acids is 2. The minimum Gasteiger partial charge on any atom is -0.365 e. The Kier molecular flexibility index (Phi) is 4.49. The molecule has 1 aliphatic carbocycles. The van der Waals surface area contributed by atoms with Crippen LogP contribution in [0.15, 0.2) is 6.07 Å². The largest absolute Gasteiger partial charge is 0.365 e. The second-order valence-electron chi connectivity index (χ2n) is 6.22. The molecule has 3 rings (SSSR count). The summed E-state index contributed by atoms with van der Waals surface area (Å²) in [5.41, 5.74) is 1.36. The number of carbonyl (C=O) groups is 2. The molecular weight excluding hydrogens is 300 g/mol. The molecule has 5 nitrogen and oxygen atoms in total. The number of ether oxygens (including phenoxy) is 1. The number of hydrogen-bond donors (Lipinski definition) is 1. The van der Waals surface area contributed by atoms with Crippen LogP contribution >= 0.6 is 11.3 Å². The number of thiophene rings is 1. The zero-order valence-corrected chi connectivity index (χ0v) is 13.9. The van der Waals surface area contributed by atoms with Crippen LogP contribution in [0, 0.1) is 5.92 Å². The fourth-order valence-corrected chi connectivity index (χ4v) is 4.12. The van der Waals surface area contributed by atoms with Gasteiger partial charge in [0.25, 0.3) is 5.91 Å².